The zero-order chi connectivity index (χ0) is 9.97. The Morgan fingerprint density at radius 3 is 2.43 bits per heavy atom. The highest BCUT2D eigenvalue weighted by Gasteiger charge is 2.12. The van der Waals surface area contributed by atoms with E-state index in [1.807, 2.05) is 18.2 Å². The van der Waals surface area contributed by atoms with Crippen molar-refractivity contribution in [1.29, 1.82) is 0 Å². The lowest BCUT2D eigenvalue weighted by Crippen LogP contribution is -1.92. The van der Waals surface area contributed by atoms with Crippen LogP contribution in [0.2, 0.25) is 0 Å². The lowest BCUT2D eigenvalue weighted by atomic mass is 10.0. The average Bonchev–Trinajstić information content (AvgIpc) is 2.65. The van der Waals surface area contributed by atoms with E-state index in [0.29, 0.717) is 0 Å². The van der Waals surface area contributed by atoms with Gasteiger partial charge >= 0.3 is 0 Å². The summed E-state index contributed by atoms with van der Waals surface area (Å²) in [6, 6.07) is 10.2. The molecule has 0 N–H and O–H groups in total. The second-order valence-corrected chi connectivity index (χ2v) is 4.46. The van der Waals surface area contributed by atoms with Crippen molar-refractivity contribution in [2.24, 2.45) is 0 Å². The number of hydrogen-bond acceptors (Lipinski definition) is 1. The van der Waals surface area contributed by atoms with Crippen LogP contribution in [0.3, 0.4) is 0 Å². The Morgan fingerprint density at radius 1 is 1.14 bits per heavy atom. The van der Waals surface area contributed by atoms with E-state index in [0.717, 1.165) is 5.56 Å². The van der Waals surface area contributed by atoms with Crippen molar-refractivity contribution in [3.8, 4) is 0 Å². The van der Waals surface area contributed by atoms with E-state index in [-0.39, 0.29) is 5.38 Å². The molecule has 1 aromatic heterocycles. The Bertz CT molecular complexity index is 405. The Kier molecular flexibility index (Phi) is 2.90. The zero-order valence-electron chi connectivity index (χ0n) is 7.91. The summed E-state index contributed by atoms with van der Waals surface area (Å²) in [5.41, 5.74) is 3.66. The van der Waals surface area contributed by atoms with Gasteiger partial charge in [0, 0.05) is 0 Å². The maximum Gasteiger partial charge on any atom is 0.0846 e. The van der Waals surface area contributed by atoms with E-state index >= 15 is 0 Å². The molecule has 0 aliphatic rings. The quantitative estimate of drug-likeness (QED) is 0.662. The van der Waals surface area contributed by atoms with Gasteiger partial charge in [-0.05, 0) is 34.4 Å². The molecule has 2 rings (SSSR count). The molecular weight excluding hydrogens is 212 g/mol. The van der Waals surface area contributed by atoms with Crippen molar-refractivity contribution in [2.75, 3.05) is 0 Å². The number of thiophene rings is 1. The minimum absolute atomic E-state index is 0.0116. The molecule has 0 aliphatic heterocycles. The van der Waals surface area contributed by atoms with Crippen molar-refractivity contribution in [3.63, 3.8) is 0 Å². The molecule has 0 nitrogen and oxygen atoms in total. The number of rotatable bonds is 2. The molecule has 0 radical (unpaired) electrons. The summed E-state index contributed by atoms with van der Waals surface area (Å²) in [7, 11) is 0. The summed E-state index contributed by atoms with van der Waals surface area (Å²) in [4.78, 5) is 0. The zero-order valence-corrected chi connectivity index (χ0v) is 9.48. The smallest absolute Gasteiger partial charge is 0.0846 e. The second-order valence-electron chi connectivity index (χ2n) is 3.28. The Morgan fingerprint density at radius 2 is 1.86 bits per heavy atom. The molecule has 0 saturated carbocycles. The summed E-state index contributed by atoms with van der Waals surface area (Å²) in [5.74, 6) is 0. The maximum absolute atomic E-state index is 6.38. The molecule has 0 spiro atoms. The molecular formula is C12H11ClS. The summed E-state index contributed by atoms with van der Waals surface area (Å²) in [6.07, 6.45) is 0. The van der Waals surface area contributed by atoms with Gasteiger partial charge in [0.15, 0.2) is 0 Å². The topological polar surface area (TPSA) is 0 Å². The highest BCUT2D eigenvalue weighted by atomic mass is 35.5. The number of benzene rings is 1. The van der Waals surface area contributed by atoms with Crippen LogP contribution in [0.1, 0.15) is 22.1 Å². The molecule has 1 atom stereocenters. The van der Waals surface area contributed by atoms with Crippen molar-refractivity contribution >= 4 is 22.9 Å². The van der Waals surface area contributed by atoms with Gasteiger partial charge in [-0.25, -0.2) is 0 Å². The molecule has 72 valence electrons. The number of alkyl halides is 1. The van der Waals surface area contributed by atoms with Crippen LogP contribution >= 0.6 is 22.9 Å². The van der Waals surface area contributed by atoms with E-state index < -0.39 is 0 Å². The van der Waals surface area contributed by atoms with Crippen molar-refractivity contribution in [2.45, 2.75) is 12.3 Å². The van der Waals surface area contributed by atoms with Gasteiger partial charge in [-0.15, -0.1) is 11.6 Å². The molecule has 2 heteroatoms. The largest absolute Gasteiger partial charge is 0.152 e. The number of aryl methyl sites for hydroxylation is 1. The predicted molar refractivity (Wildman–Crippen MR) is 63.2 cm³/mol. The van der Waals surface area contributed by atoms with Gasteiger partial charge in [-0.2, -0.15) is 11.3 Å². The fraction of sp³-hybridized carbons (Fsp3) is 0.167. The Balaban J connectivity index is 2.34. The van der Waals surface area contributed by atoms with Crippen LogP contribution < -0.4 is 0 Å². The first-order chi connectivity index (χ1) is 6.79. The van der Waals surface area contributed by atoms with E-state index in [4.69, 9.17) is 11.6 Å². The molecule has 0 fully saturated rings. The maximum atomic E-state index is 6.38. The second kappa shape index (κ2) is 4.16. The first kappa shape index (κ1) is 9.75. The summed E-state index contributed by atoms with van der Waals surface area (Å²) in [6.45, 7) is 2.10. The van der Waals surface area contributed by atoms with Gasteiger partial charge in [0.1, 0.15) is 0 Å². The average molecular weight is 223 g/mol. The van der Waals surface area contributed by atoms with Crippen LogP contribution in [0, 0.1) is 6.92 Å². The Hall–Kier alpha value is -0.790. The van der Waals surface area contributed by atoms with Gasteiger partial charge < -0.3 is 0 Å². The molecule has 0 aliphatic carbocycles. The minimum atomic E-state index is -0.0116. The minimum Gasteiger partial charge on any atom is -0.152 e. The molecule has 1 aromatic carbocycles. The van der Waals surface area contributed by atoms with Crippen LogP contribution in [0.4, 0.5) is 0 Å². The van der Waals surface area contributed by atoms with Crippen LogP contribution in [-0.4, -0.2) is 0 Å². The normalized spacial score (nSPS) is 12.7. The van der Waals surface area contributed by atoms with Crippen molar-refractivity contribution in [1.82, 2.24) is 0 Å². The van der Waals surface area contributed by atoms with Crippen molar-refractivity contribution in [3.05, 3.63) is 57.8 Å². The third-order valence-corrected chi connectivity index (χ3v) is 3.63. The van der Waals surface area contributed by atoms with Crippen LogP contribution in [0.5, 0.6) is 0 Å². The molecule has 0 bridgehead atoms. The molecule has 1 unspecified atom stereocenters. The lowest BCUT2D eigenvalue weighted by Gasteiger charge is -2.09. The van der Waals surface area contributed by atoms with E-state index in [2.05, 4.69) is 29.8 Å². The fourth-order valence-electron chi connectivity index (χ4n) is 1.43. The van der Waals surface area contributed by atoms with Crippen LogP contribution in [0.15, 0.2) is 41.1 Å². The van der Waals surface area contributed by atoms with E-state index in [9.17, 15) is 0 Å². The summed E-state index contributed by atoms with van der Waals surface area (Å²) in [5, 5.41) is 4.25. The van der Waals surface area contributed by atoms with E-state index in [1.54, 1.807) is 11.3 Å². The summed E-state index contributed by atoms with van der Waals surface area (Å²) >= 11 is 8.09. The first-order valence-electron chi connectivity index (χ1n) is 4.51. The SMILES string of the molecule is Cc1cscc1C(Cl)c1ccccc1. The third kappa shape index (κ3) is 1.84. The van der Waals surface area contributed by atoms with Gasteiger partial charge in [-0.1, -0.05) is 30.3 Å². The highest BCUT2D eigenvalue weighted by molar-refractivity contribution is 7.08. The molecule has 1 heterocycles. The number of hydrogen-bond donors (Lipinski definition) is 0. The summed E-state index contributed by atoms with van der Waals surface area (Å²) < 4.78 is 0. The lowest BCUT2D eigenvalue weighted by molar-refractivity contribution is 1.13. The van der Waals surface area contributed by atoms with Gasteiger partial charge in [0.25, 0.3) is 0 Å². The monoisotopic (exact) mass is 222 g/mol. The van der Waals surface area contributed by atoms with Gasteiger partial charge in [0.2, 0.25) is 0 Å². The Labute approximate surface area is 93.2 Å². The standard InChI is InChI=1S/C12H11ClS/c1-9-7-14-8-11(9)12(13)10-5-3-2-4-6-10/h2-8,12H,1H3. The van der Waals surface area contributed by atoms with E-state index in [1.165, 1.54) is 11.1 Å². The van der Waals surface area contributed by atoms with Gasteiger partial charge in [0.05, 0.1) is 5.38 Å². The first-order valence-corrected chi connectivity index (χ1v) is 5.88. The third-order valence-electron chi connectivity index (χ3n) is 2.26. The molecule has 0 amide bonds. The van der Waals surface area contributed by atoms with Crippen LogP contribution in [0.25, 0.3) is 0 Å². The molecule has 0 saturated heterocycles. The van der Waals surface area contributed by atoms with Crippen LogP contribution in [-0.2, 0) is 0 Å². The van der Waals surface area contributed by atoms with Crippen molar-refractivity contribution < 1.29 is 0 Å². The highest BCUT2D eigenvalue weighted by Crippen LogP contribution is 2.32. The molecule has 14 heavy (non-hydrogen) atoms. The number of halogens is 1. The fourth-order valence-corrected chi connectivity index (χ4v) is 2.76. The molecule has 2 aromatic rings. The predicted octanol–water partition coefficient (Wildman–Crippen LogP) is 4.38. The van der Waals surface area contributed by atoms with Gasteiger partial charge in [-0.3, -0.25) is 0 Å².